The van der Waals surface area contributed by atoms with Crippen molar-refractivity contribution < 1.29 is 4.74 Å². The summed E-state index contributed by atoms with van der Waals surface area (Å²) < 4.78 is 7.76. The van der Waals surface area contributed by atoms with Gasteiger partial charge in [0.05, 0.1) is 18.4 Å². The van der Waals surface area contributed by atoms with Gasteiger partial charge in [0.2, 0.25) is 5.13 Å². The van der Waals surface area contributed by atoms with Crippen LogP contribution in [-0.2, 0) is 4.74 Å². The first kappa shape index (κ1) is 15.5. The van der Waals surface area contributed by atoms with E-state index in [0.29, 0.717) is 6.04 Å². The Morgan fingerprint density at radius 2 is 2.12 bits per heavy atom. The molecule has 0 unspecified atom stereocenters. The lowest BCUT2D eigenvalue weighted by molar-refractivity contribution is -0.000215. The zero-order valence-corrected chi connectivity index (χ0v) is 14.6. The van der Waals surface area contributed by atoms with E-state index in [0.717, 1.165) is 35.1 Å². The van der Waals surface area contributed by atoms with Gasteiger partial charge in [-0.2, -0.15) is 5.10 Å². The maximum absolute atomic E-state index is 5.91. The van der Waals surface area contributed by atoms with Crippen LogP contribution < -0.4 is 5.32 Å². The smallest absolute Gasteiger partial charge is 0.210 e. The molecule has 0 bridgehead atoms. The molecule has 1 aliphatic rings. The van der Waals surface area contributed by atoms with E-state index < -0.39 is 0 Å². The Morgan fingerprint density at radius 3 is 2.83 bits per heavy atom. The quantitative estimate of drug-likeness (QED) is 0.794. The molecule has 0 aliphatic carbocycles. The summed E-state index contributed by atoms with van der Waals surface area (Å²) in [7, 11) is 0. The van der Waals surface area contributed by atoms with E-state index >= 15 is 0 Å². The molecule has 3 heterocycles. The average Bonchev–Trinajstić information content (AvgIpc) is 3.25. The molecule has 4 rings (SSSR count). The van der Waals surface area contributed by atoms with Crippen molar-refractivity contribution in [3.05, 3.63) is 53.3 Å². The fourth-order valence-corrected chi connectivity index (χ4v) is 3.70. The normalized spacial score (nSPS) is 21.1. The molecule has 1 fully saturated rings. The monoisotopic (exact) mass is 340 g/mol. The highest BCUT2D eigenvalue weighted by molar-refractivity contribution is 7.12. The fourth-order valence-electron chi connectivity index (χ4n) is 3.13. The van der Waals surface area contributed by atoms with Crippen molar-refractivity contribution in [2.75, 3.05) is 13.2 Å². The predicted molar refractivity (Wildman–Crippen MR) is 95.6 cm³/mol. The SMILES string of the molecule is Cc1nn(-c2nccs2)cc1-c1ccc([C@@H]2OCCN[C@H]2C)cc1. The van der Waals surface area contributed by atoms with Gasteiger partial charge in [-0.05, 0) is 25.0 Å². The minimum atomic E-state index is 0.118. The van der Waals surface area contributed by atoms with Gasteiger partial charge in [-0.1, -0.05) is 24.3 Å². The molecule has 1 N–H and O–H groups in total. The number of aromatic nitrogens is 3. The second-order valence-electron chi connectivity index (χ2n) is 6.04. The van der Waals surface area contributed by atoms with Crippen LogP contribution in [0.15, 0.2) is 42.0 Å². The fraction of sp³-hybridized carbons (Fsp3) is 0.333. The third-order valence-electron chi connectivity index (χ3n) is 4.38. The van der Waals surface area contributed by atoms with Crippen molar-refractivity contribution >= 4 is 11.3 Å². The van der Waals surface area contributed by atoms with Gasteiger partial charge in [0.25, 0.3) is 0 Å². The van der Waals surface area contributed by atoms with Gasteiger partial charge in [-0.3, -0.25) is 0 Å². The third-order valence-corrected chi connectivity index (χ3v) is 5.15. The topological polar surface area (TPSA) is 52.0 Å². The summed E-state index contributed by atoms with van der Waals surface area (Å²) in [6, 6.07) is 8.94. The van der Waals surface area contributed by atoms with Crippen molar-refractivity contribution in [3.63, 3.8) is 0 Å². The standard InChI is InChI=1S/C18H20N4OS/c1-12-16(11-22(21-12)18-20-8-10-24-18)14-3-5-15(6-4-14)17-13(2)19-7-9-23-17/h3-6,8,10-11,13,17,19H,7,9H2,1-2H3/t13-,17+/m0/s1. The van der Waals surface area contributed by atoms with Gasteiger partial charge in [-0.15, -0.1) is 11.3 Å². The molecule has 2 aromatic heterocycles. The molecule has 0 spiro atoms. The van der Waals surface area contributed by atoms with E-state index in [2.05, 4.69) is 46.6 Å². The van der Waals surface area contributed by atoms with Crippen LogP contribution in [0.3, 0.4) is 0 Å². The number of nitrogens with one attached hydrogen (secondary N) is 1. The molecule has 3 aromatic rings. The molecule has 6 heteroatoms. The Kier molecular flexibility index (Phi) is 4.18. The highest BCUT2D eigenvalue weighted by Gasteiger charge is 2.23. The Bertz CT molecular complexity index is 810. The van der Waals surface area contributed by atoms with Crippen LogP contribution >= 0.6 is 11.3 Å². The van der Waals surface area contributed by atoms with Crippen LogP contribution in [0, 0.1) is 6.92 Å². The highest BCUT2D eigenvalue weighted by Crippen LogP contribution is 2.28. The van der Waals surface area contributed by atoms with Gasteiger partial charge < -0.3 is 10.1 Å². The van der Waals surface area contributed by atoms with Gasteiger partial charge in [0, 0.05) is 35.9 Å². The lowest BCUT2D eigenvalue weighted by Gasteiger charge is -2.30. The first-order valence-corrected chi connectivity index (χ1v) is 9.02. The lowest BCUT2D eigenvalue weighted by Crippen LogP contribution is -2.41. The van der Waals surface area contributed by atoms with E-state index in [-0.39, 0.29) is 6.10 Å². The number of ether oxygens (including phenoxy) is 1. The molecular weight excluding hydrogens is 320 g/mol. The summed E-state index contributed by atoms with van der Waals surface area (Å²) in [6.45, 7) is 5.88. The summed E-state index contributed by atoms with van der Waals surface area (Å²) >= 11 is 1.58. The van der Waals surface area contributed by atoms with Crippen LogP contribution in [0.4, 0.5) is 0 Å². The number of benzene rings is 1. The Morgan fingerprint density at radius 1 is 1.29 bits per heavy atom. The molecule has 24 heavy (non-hydrogen) atoms. The summed E-state index contributed by atoms with van der Waals surface area (Å²) in [5.41, 5.74) is 4.51. The summed E-state index contributed by atoms with van der Waals surface area (Å²) in [4.78, 5) is 4.31. The minimum Gasteiger partial charge on any atom is -0.371 e. The maximum atomic E-state index is 5.91. The largest absolute Gasteiger partial charge is 0.371 e. The second-order valence-corrected chi connectivity index (χ2v) is 6.92. The molecule has 124 valence electrons. The summed E-state index contributed by atoms with van der Waals surface area (Å²) in [5, 5.41) is 10.9. The molecule has 2 atom stereocenters. The van der Waals surface area contributed by atoms with Crippen LogP contribution in [0.25, 0.3) is 16.3 Å². The highest BCUT2D eigenvalue weighted by atomic mass is 32.1. The van der Waals surface area contributed by atoms with Crippen LogP contribution in [0.5, 0.6) is 0 Å². The van der Waals surface area contributed by atoms with E-state index in [9.17, 15) is 0 Å². The molecule has 0 amide bonds. The predicted octanol–water partition coefficient (Wildman–Crippen LogP) is 3.35. The molecular formula is C18H20N4OS. The average molecular weight is 340 g/mol. The van der Waals surface area contributed by atoms with Gasteiger partial charge in [-0.25, -0.2) is 9.67 Å². The Hall–Kier alpha value is -2.02. The molecule has 1 saturated heterocycles. The number of rotatable bonds is 3. The van der Waals surface area contributed by atoms with Crippen molar-refractivity contribution in [1.29, 1.82) is 0 Å². The summed E-state index contributed by atoms with van der Waals surface area (Å²) in [6.07, 6.45) is 3.96. The number of thiazole rings is 1. The third kappa shape index (κ3) is 2.88. The van der Waals surface area contributed by atoms with Crippen LogP contribution in [0.1, 0.15) is 24.3 Å². The first-order valence-electron chi connectivity index (χ1n) is 8.14. The second kappa shape index (κ2) is 6.47. The maximum Gasteiger partial charge on any atom is 0.210 e. The number of hydrogen-bond donors (Lipinski definition) is 1. The van der Waals surface area contributed by atoms with E-state index in [1.807, 2.05) is 23.2 Å². The van der Waals surface area contributed by atoms with Crippen molar-refractivity contribution in [2.45, 2.75) is 26.0 Å². The molecule has 1 aromatic carbocycles. The first-order chi connectivity index (χ1) is 11.7. The van der Waals surface area contributed by atoms with Crippen LogP contribution in [0.2, 0.25) is 0 Å². The Balaban J connectivity index is 1.61. The number of hydrogen-bond acceptors (Lipinski definition) is 5. The summed E-state index contributed by atoms with van der Waals surface area (Å²) in [5.74, 6) is 0. The van der Waals surface area contributed by atoms with Gasteiger partial charge in [0.15, 0.2) is 0 Å². The van der Waals surface area contributed by atoms with Crippen molar-refractivity contribution in [2.24, 2.45) is 0 Å². The molecule has 5 nitrogen and oxygen atoms in total. The lowest BCUT2D eigenvalue weighted by atomic mass is 9.98. The number of nitrogens with zero attached hydrogens (tertiary/aromatic N) is 3. The Labute approximate surface area is 145 Å². The van der Waals surface area contributed by atoms with Gasteiger partial charge in [0.1, 0.15) is 0 Å². The molecule has 0 saturated carbocycles. The zero-order chi connectivity index (χ0) is 16.5. The van der Waals surface area contributed by atoms with Gasteiger partial charge >= 0.3 is 0 Å². The molecule has 1 aliphatic heterocycles. The zero-order valence-electron chi connectivity index (χ0n) is 13.8. The van der Waals surface area contributed by atoms with E-state index in [4.69, 9.17) is 4.74 Å². The van der Waals surface area contributed by atoms with Crippen molar-refractivity contribution in [3.8, 4) is 16.3 Å². The number of morpholine rings is 1. The number of aryl methyl sites for hydroxylation is 1. The minimum absolute atomic E-state index is 0.118. The van der Waals surface area contributed by atoms with E-state index in [1.54, 1.807) is 17.5 Å². The van der Waals surface area contributed by atoms with Crippen molar-refractivity contribution in [1.82, 2.24) is 20.1 Å². The van der Waals surface area contributed by atoms with E-state index in [1.165, 1.54) is 5.56 Å². The van der Waals surface area contributed by atoms with Crippen LogP contribution in [-0.4, -0.2) is 34.0 Å². The molecule has 0 radical (unpaired) electrons.